The highest BCUT2D eigenvalue weighted by Crippen LogP contribution is 2.47. The number of benzene rings is 3. The molecule has 0 radical (unpaired) electrons. The number of para-hydroxylation sites is 1. The first-order chi connectivity index (χ1) is 24.3. The highest BCUT2D eigenvalue weighted by Gasteiger charge is 2.35. The predicted octanol–water partition coefficient (Wildman–Crippen LogP) is 9.48. The monoisotopic (exact) mass is 685 g/mol. The van der Waals surface area contributed by atoms with Crippen molar-refractivity contribution in [1.29, 1.82) is 0 Å². The number of hydrogen-bond acceptors (Lipinski definition) is 6. The van der Waals surface area contributed by atoms with Gasteiger partial charge in [0.1, 0.15) is 11.5 Å². The maximum absolute atomic E-state index is 12.5. The van der Waals surface area contributed by atoms with Gasteiger partial charge in [-0.2, -0.15) is 0 Å². The molecular weight excluding hydrogens is 635 g/mol. The van der Waals surface area contributed by atoms with Crippen molar-refractivity contribution in [2.45, 2.75) is 91.0 Å². The van der Waals surface area contributed by atoms with Crippen LogP contribution in [0.25, 0.3) is 5.57 Å². The summed E-state index contributed by atoms with van der Waals surface area (Å²) in [7, 11) is 0. The van der Waals surface area contributed by atoms with E-state index in [0.29, 0.717) is 32.2 Å². The second-order valence-electron chi connectivity index (χ2n) is 16.2. The Morgan fingerprint density at radius 2 is 1.57 bits per heavy atom. The quantitative estimate of drug-likeness (QED) is 0.232. The number of aryl methyl sites for hydroxylation is 2. The number of carbonyl (C=O) groups excluding carboxylic acids is 1. The van der Waals surface area contributed by atoms with Gasteiger partial charge in [-0.15, -0.1) is 0 Å². The van der Waals surface area contributed by atoms with Gasteiger partial charge in [-0.3, -0.25) is 4.98 Å². The Kier molecular flexibility index (Phi) is 9.11. The largest absolute Gasteiger partial charge is 0.507 e. The number of fused-ring (bicyclic) bond motifs is 3. The van der Waals surface area contributed by atoms with E-state index in [-0.39, 0.29) is 23.0 Å². The average molecular weight is 686 g/mol. The number of ether oxygens (including phenoxy) is 2. The molecule has 0 saturated carbocycles. The maximum Gasteiger partial charge on any atom is 0.409 e. The summed E-state index contributed by atoms with van der Waals surface area (Å²) in [6, 6.07) is 23.8. The zero-order valence-electron chi connectivity index (χ0n) is 31.2. The first-order valence-corrected chi connectivity index (χ1v) is 18.4. The molecule has 51 heavy (non-hydrogen) atoms. The molecule has 1 amide bonds. The SMILES string of the molecule is CCOC(=O)N1CCC(=C2c3ccc(N4COc5ccccc5C4c4cc(C(C)(C)C)c(O)c(C(C)(C)C)c4)cc3CCc3cccnc32)CC1. The summed E-state index contributed by atoms with van der Waals surface area (Å²) in [6.45, 7) is 16.9. The zero-order valence-corrected chi connectivity index (χ0v) is 31.2. The lowest BCUT2D eigenvalue weighted by Crippen LogP contribution is -2.37. The summed E-state index contributed by atoms with van der Waals surface area (Å²) in [5, 5.41) is 11.6. The topological polar surface area (TPSA) is 75.1 Å². The van der Waals surface area contributed by atoms with Crippen molar-refractivity contribution in [2.24, 2.45) is 0 Å². The second-order valence-corrected chi connectivity index (χ2v) is 16.2. The summed E-state index contributed by atoms with van der Waals surface area (Å²) in [5.74, 6) is 1.27. The lowest BCUT2D eigenvalue weighted by Gasteiger charge is -2.40. The standard InChI is InChI=1S/C44H51N3O4/c1-8-50-42(49)46-22-19-28(20-23-46)38-33-18-17-32(24-30(33)16-15-29-12-11-21-45-39(29)38)47-27-51-37-14-10-9-13-34(37)40(47)31-25-35(43(2,3)4)41(48)36(26-31)44(5,6)7/h9-14,17-18,21,24-26,40,48H,8,15-16,19-20,22-23,27H2,1-7H3. The number of amides is 1. The van der Waals surface area contributed by atoms with E-state index in [1.807, 2.05) is 30.2 Å². The summed E-state index contributed by atoms with van der Waals surface area (Å²) < 4.78 is 11.8. The molecule has 3 aliphatic rings. The van der Waals surface area contributed by atoms with Gasteiger partial charge in [0, 0.05) is 36.1 Å². The minimum absolute atomic E-state index is 0.120. The van der Waals surface area contributed by atoms with Crippen LogP contribution in [0, 0.1) is 0 Å². The molecule has 1 fully saturated rings. The van der Waals surface area contributed by atoms with Crippen molar-refractivity contribution in [2.75, 3.05) is 31.3 Å². The van der Waals surface area contributed by atoms with Gasteiger partial charge in [0.2, 0.25) is 0 Å². The van der Waals surface area contributed by atoms with Gasteiger partial charge in [0.25, 0.3) is 0 Å². The molecule has 1 unspecified atom stereocenters. The Morgan fingerprint density at radius 1 is 0.882 bits per heavy atom. The van der Waals surface area contributed by atoms with Crippen LogP contribution in [0.3, 0.4) is 0 Å². The molecule has 1 saturated heterocycles. The van der Waals surface area contributed by atoms with Crippen LogP contribution in [0.2, 0.25) is 0 Å². The Hall–Kier alpha value is -4.78. The molecule has 1 aromatic heterocycles. The van der Waals surface area contributed by atoms with Gasteiger partial charge < -0.3 is 24.4 Å². The Bertz CT molecular complexity index is 1960. The molecule has 3 heterocycles. The lowest BCUT2D eigenvalue weighted by atomic mass is 9.77. The van der Waals surface area contributed by atoms with Gasteiger partial charge in [-0.05, 0) is 113 Å². The highest BCUT2D eigenvalue weighted by atomic mass is 16.6. The lowest BCUT2D eigenvalue weighted by molar-refractivity contribution is 0.104. The van der Waals surface area contributed by atoms with Crippen molar-refractivity contribution in [3.8, 4) is 11.5 Å². The molecule has 0 bridgehead atoms. The van der Waals surface area contributed by atoms with Gasteiger partial charge in [0.05, 0.1) is 18.3 Å². The van der Waals surface area contributed by atoms with Crippen LogP contribution in [0.5, 0.6) is 11.5 Å². The fraction of sp³-hybridized carbons (Fsp3) is 0.409. The first kappa shape index (κ1) is 34.7. The minimum atomic E-state index is -0.251. The van der Waals surface area contributed by atoms with E-state index in [0.717, 1.165) is 65.1 Å². The number of rotatable bonds is 3. The zero-order chi connectivity index (χ0) is 36.1. The number of hydrogen-bond donors (Lipinski definition) is 1. The van der Waals surface area contributed by atoms with Crippen LogP contribution in [0.4, 0.5) is 10.5 Å². The molecule has 7 rings (SSSR count). The van der Waals surface area contributed by atoms with Crippen LogP contribution in [-0.4, -0.2) is 47.5 Å². The molecule has 0 spiro atoms. The van der Waals surface area contributed by atoms with E-state index < -0.39 is 0 Å². The van der Waals surface area contributed by atoms with E-state index in [9.17, 15) is 9.90 Å². The number of phenolic OH excluding ortho intramolecular Hbond substituents is 1. The normalized spacial score (nSPS) is 17.6. The molecule has 7 nitrogen and oxygen atoms in total. The fourth-order valence-electron chi connectivity index (χ4n) is 8.01. The van der Waals surface area contributed by atoms with Gasteiger partial charge in [-0.25, -0.2) is 4.79 Å². The van der Waals surface area contributed by atoms with Crippen molar-refractivity contribution < 1.29 is 19.4 Å². The Labute approximate surface area is 302 Å². The number of carbonyl (C=O) groups is 1. The first-order valence-electron chi connectivity index (χ1n) is 18.4. The van der Waals surface area contributed by atoms with Gasteiger partial charge in [-0.1, -0.05) is 77.4 Å². The van der Waals surface area contributed by atoms with E-state index in [1.165, 1.54) is 27.8 Å². The number of pyridine rings is 1. The van der Waals surface area contributed by atoms with Crippen LogP contribution in [0.15, 0.2) is 78.5 Å². The summed E-state index contributed by atoms with van der Waals surface area (Å²) in [4.78, 5) is 21.7. The van der Waals surface area contributed by atoms with Crippen molar-refractivity contribution in [3.05, 3.63) is 123 Å². The molecular formula is C44H51N3O4. The average Bonchev–Trinajstić information content (AvgIpc) is 3.27. The summed E-state index contributed by atoms with van der Waals surface area (Å²) in [5.41, 5.74) is 12.1. The van der Waals surface area contributed by atoms with Crippen molar-refractivity contribution in [1.82, 2.24) is 9.88 Å². The van der Waals surface area contributed by atoms with Crippen molar-refractivity contribution in [3.63, 3.8) is 0 Å². The summed E-state index contributed by atoms with van der Waals surface area (Å²) >= 11 is 0. The smallest absolute Gasteiger partial charge is 0.409 e. The number of anilines is 1. The third kappa shape index (κ3) is 6.59. The Morgan fingerprint density at radius 3 is 2.25 bits per heavy atom. The number of likely N-dealkylation sites (tertiary alicyclic amines) is 1. The number of phenols is 1. The molecule has 1 aliphatic carbocycles. The third-order valence-electron chi connectivity index (χ3n) is 10.7. The van der Waals surface area contributed by atoms with E-state index in [1.54, 1.807) is 0 Å². The van der Waals surface area contributed by atoms with Crippen LogP contribution < -0.4 is 9.64 Å². The number of piperidine rings is 1. The number of nitrogens with zero attached hydrogens (tertiary/aromatic N) is 3. The van der Waals surface area contributed by atoms with Crippen LogP contribution in [-0.2, 0) is 28.4 Å². The molecule has 2 aliphatic heterocycles. The molecule has 3 aromatic carbocycles. The highest BCUT2D eigenvalue weighted by molar-refractivity contribution is 5.85. The Balaban J connectivity index is 1.35. The predicted molar refractivity (Wildman–Crippen MR) is 204 cm³/mol. The summed E-state index contributed by atoms with van der Waals surface area (Å²) in [6.07, 6.45) is 5.04. The maximum atomic E-state index is 12.5. The third-order valence-corrected chi connectivity index (χ3v) is 10.7. The molecule has 4 aromatic rings. The molecule has 1 N–H and O–H groups in total. The number of aromatic nitrogens is 1. The van der Waals surface area contributed by atoms with Crippen LogP contribution >= 0.6 is 0 Å². The number of aromatic hydroxyl groups is 1. The minimum Gasteiger partial charge on any atom is -0.507 e. The molecule has 1 atom stereocenters. The second kappa shape index (κ2) is 13.4. The van der Waals surface area contributed by atoms with E-state index in [4.69, 9.17) is 14.5 Å². The van der Waals surface area contributed by atoms with Crippen molar-refractivity contribution >= 4 is 17.4 Å². The molecule has 266 valence electrons. The van der Waals surface area contributed by atoms with E-state index >= 15 is 0 Å². The van der Waals surface area contributed by atoms with Gasteiger partial charge >= 0.3 is 6.09 Å². The molecule has 7 heteroatoms. The fourth-order valence-corrected chi connectivity index (χ4v) is 8.01. The van der Waals surface area contributed by atoms with Gasteiger partial charge in [0.15, 0.2) is 6.73 Å². The van der Waals surface area contributed by atoms with E-state index in [2.05, 4.69) is 101 Å². The van der Waals surface area contributed by atoms with Crippen LogP contribution in [0.1, 0.15) is 112 Å².